The topological polar surface area (TPSA) is 151 Å². The minimum absolute atomic E-state index is 0.107. The number of aromatic hydroxyl groups is 1. The van der Waals surface area contributed by atoms with Crippen LogP contribution in [0.1, 0.15) is 56.0 Å². The van der Waals surface area contributed by atoms with E-state index >= 15 is 0 Å². The van der Waals surface area contributed by atoms with Gasteiger partial charge in [0.1, 0.15) is 17.4 Å². The SMILES string of the molecule is CCC(=O)N[C@@H]1CC(=O)O[C@H]1[C@@H](O)C(=O)N[C@H](CC(C)C)[C@H]1Cc2cccc(O)c2C(=O)O1. The van der Waals surface area contributed by atoms with Gasteiger partial charge >= 0.3 is 11.9 Å². The Kier molecular flexibility index (Phi) is 7.57. The van der Waals surface area contributed by atoms with Crippen LogP contribution in [-0.4, -0.2) is 64.4 Å². The zero-order valence-electron chi connectivity index (χ0n) is 18.9. The number of hydrogen-bond acceptors (Lipinski definition) is 8. The summed E-state index contributed by atoms with van der Waals surface area (Å²) in [7, 11) is 0. The fourth-order valence-corrected chi connectivity index (χ4v) is 4.20. The average molecular weight is 462 g/mol. The Balaban J connectivity index is 1.75. The van der Waals surface area contributed by atoms with Crippen LogP contribution in [0.5, 0.6) is 5.75 Å². The van der Waals surface area contributed by atoms with E-state index in [0.717, 1.165) is 0 Å². The summed E-state index contributed by atoms with van der Waals surface area (Å²) in [5.41, 5.74) is 0.711. The van der Waals surface area contributed by atoms with Gasteiger partial charge < -0.3 is 30.3 Å². The Bertz CT molecular complexity index is 931. The van der Waals surface area contributed by atoms with Crippen LogP contribution in [0.4, 0.5) is 0 Å². The lowest BCUT2D eigenvalue weighted by atomic mass is 9.90. The number of cyclic esters (lactones) is 2. The van der Waals surface area contributed by atoms with Crippen molar-refractivity contribution in [3.8, 4) is 5.75 Å². The zero-order chi connectivity index (χ0) is 24.3. The lowest BCUT2D eigenvalue weighted by Crippen LogP contribution is -2.56. The van der Waals surface area contributed by atoms with Crippen LogP contribution in [0.3, 0.4) is 0 Å². The highest BCUT2D eigenvalue weighted by atomic mass is 16.6. The smallest absolute Gasteiger partial charge is 0.342 e. The maximum absolute atomic E-state index is 12.9. The summed E-state index contributed by atoms with van der Waals surface area (Å²) in [5.74, 6) is -2.48. The molecule has 0 bridgehead atoms. The minimum Gasteiger partial charge on any atom is -0.507 e. The summed E-state index contributed by atoms with van der Waals surface area (Å²) >= 11 is 0. The van der Waals surface area contributed by atoms with Crippen molar-refractivity contribution < 1.29 is 38.9 Å². The number of carbonyl (C=O) groups excluding carboxylic acids is 4. The molecule has 4 N–H and O–H groups in total. The van der Waals surface area contributed by atoms with Gasteiger partial charge in [-0.3, -0.25) is 14.4 Å². The maximum Gasteiger partial charge on any atom is 0.342 e. The van der Waals surface area contributed by atoms with Crippen LogP contribution < -0.4 is 10.6 Å². The number of phenols is 1. The fraction of sp³-hybridized carbons (Fsp3) is 0.565. The number of carbonyl (C=O) groups is 4. The third kappa shape index (κ3) is 5.62. The van der Waals surface area contributed by atoms with Gasteiger partial charge in [-0.25, -0.2) is 4.79 Å². The molecule has 3 rings (SSSR count). The second kappa shape index (κ2) is 10.2. The Morgan fingerprint density at radius 2 is 1.91 bits per heavy atom. The largest absolute Gasteiger partial charge is 0.507 e. The maximum atomic E-state index is 12.9. The van der Waals surface area contributed by atoms with E-state index < -0.39 is 48.2 Å². The second-order valence-electron chi connectivity index (χ2n) is 8.83. The van der Waals surface area contributed by atoms with E-state index in [4.69, 9.17) is 9.47 Å². The summed E-state index contributed by atoms with van der Waals surface area (Å²) in [4.78, 5) is 48.9. The highest BCUT2D eigenvalue weighted by molar-refractivity contribution is 5.95. The van der Waals surface area contributed by atoms with Crippen molar-refractivity contribution in [2.45, 2.75) is 76.9 Å². The highest BCUT2D eigenvalue weighted by Gasteiger charge is 2.44. The molecule has 0 aromatic heterocycles. The molecule has 0 unspecified atom stereocenters. The fourth-order valence-electron chi connectivity index (χ4n) is 4.20. The van der Waals surface area contributed by atoms with E-state index in [1.54, 1.807) is 19.1 Å². The number of benzene rings is 1. The average Bonchev–Trinajstić information content (AvgIpc) is 3.11. The van der Waals surface area contributed by atoms with Crippen LogP contribution in [0.25, 0.3) is 0 Å². The third-order valence-electron chi connectivity index (χ3n) is 5.81. The molecular formula is C23H30N2O8. The summed E-state index contributed by atoms with van der Waals surface area (Å²) in [6, 6.07) is 3.29. The first-order valence-electron chi connectivity index (χ1n) is 11.1. The van der Waals surface area contributed by atoms with Crippen LogP contribution in [0, 0.1) is 5.92 Å². The lowest BCUT2D eigenvalue weighted by Gasteiger charge is -2.34. The predicted molar refractivity (Wildman–Crippen MR) is 115 cm³/mol. The monoisotopic (exact) mass is 462 g/mol. The van der Waals surface area contributed by atoms with Crippen LogP contribution in [0.2, 0.25) is 0 Å². The number of hydrogen-bond donors (Lipinski definition) is 4. The third-order valence-corrected chi connectivity index (χ3v) is 5.81. The van der Waals surface area contributed by atoms with Crippen molar-refractivity contribution in [3.63, 3.8) is 0 Å². The molecule has 10 heteroatoms. The number of aliphatic hydroxyl groups excluding tert-OH is 1. The predicted octanol–water partition coefficient (Wildman–Crippen LogP) is 0.576. The molecule has 2 aliphatic heterocycles. The Morgan fingerprint density at radius 3 is 2.58 bits per heavy atom. The quantitative estimate of drug-likeness (QED) is 0.410. The van der Waals surface area contributed by atoms with Crippen LogP contribution >= 0.6 is 0 Å². The molecule has 2 amide bonds. The van der Waals surface area contributed by atoms with E-state index in [-0.39, 0.29) is 42.4 Å². The molecule has 2 heterocycles. The molecule has 5 atom stereocenters. The number of esters is 2. The molecule has 0 radical (unpaired) electrons. The number of fused-ring (bicyclic) bond motifs is 1. The van der Waals surface area contributed by atoms with Gasteiger partial charge in [0.05, 0.1) is 18.5 Å². The van der Waals surface area contributed by atoms with E-state index in [2.05, 4.69) is 10.6 Å². The van der Waals surface area contributed by atoms with Gasteiger partial charge in [0.15, 0.2) is 12.2 Å². The molecule has 0 aliphatic carbocycles. The number of nitrogens with one attached hydrogen (secondary N) is 2. The first kappa shape index (κ1) is 24.5. The van der Waals surface area contributed by atoms with Crippen molar-refractivity contribution in [2.75, 3.05) is 0 Å². The standard InChI is InChI=1S/C23H30N2O8/c1-4-17(27)24-14-10-18(28)33-21(14)20(29)22(30)25-13(8-11(2)3)16-9-12-6-5-7-15(26)19(12)23(31)32-16/h5-7,11,13-14,16,20-21,26,29H,4,8-10H2,1-3H3,(H,24,27)(H,25,30)/t13-,14-,16-,20-,21-/m1/s1. The molecule has 10 nitrogen and oxygen atoms in total. The number of aliphatic hydroxyl groups is 1. The zero-order valence-corrected chi connectivity index (χ0v) is 18.9. The van der Waals surface area contributed by atoms with Gasteiger partial charge in [-0.05, 0) is 24.0 Å². The van der Waals surface area contributed by atoms with E-state index in [0.29, 0.717) is 12.0 Å². The molecule has 1 aromatic carbocycles. The molecule has 1 saturated heterocycles. The van der Waals surface area contributed by atoms with Crippen molar-refractivity contribution in [1.29, 1.82) is 0 Å². The summed E-state index contributed by atoms with van der Waals surface area (Å²) in [6.07, 6.45) is -2.89. The van der Waals surface area contributed by atoms with Gasteiger partial charge in [0.25, 0.3) is 5.91 Å². The lowest BCUT2D eigenvalue weighted by molar-refractivity contribution is -0.151. The summed E-state index contributed by atoms with van der Waals surface area (Å²) in [6.45, 7) is 5.52. The van der Waals surface area contributed by atoms with E-state index in [1.807, 2.05) is 13.8 Å². The molecule has 1 aromatic rings. The van der Waals surface area contributed by atoms with E-state index in [1.165, 1.54) is 6.07 Å². The molecule has 33 heavy (non-hydrogen) atoms. The first-order valence-corrected chi connectivity index (χ1v) is 11.1. The Hall–Kier alpha value is -3.14. The van der Waals surface area contributed by atoms with Crippen molar-refractivity contribution in [3.05, 3.63) is 29.3 Å². The van der Waals surface area contributed by atoms with Crippen molar-refractivity contribution in [1.82, 2.24) is 10.6 Å². The molecular weight excluding hydrogens is 432 g/mol. The number of amides is 2. The van der Waals surface area contributed by atoms with Crippen LogP contribution in [0.15, 0.2) is 18.2 Å². The summed E-state index contributed by atoms with van der Waals surface area (Å²) in [5, 5.41) is 26.0. The summed E-state index contributed by atoms with van der Waals surface area (Å²) < 4.78 is 10.6. The van der Waals surface area contributed by atoms with Gasteiger partial charge in [-0.2, -0.15) is 0 Å². The Morgan fingerprint density at radius 1 is 1.18 bits per heavy atom. The number of phenolic OH excluding ortho intramolecular Hbond substituents is 1. The van der Waals surface area contributed by atoms with Gasteiger partial charge in [0, 0.05) is 12.8 Å². The first-order chi connectivity index (χ1) is 15.6. The highest BCUT2D eigenvalue weighted by Crippen LogP contribution is 2.30. The van der Waals surface area contributed by atoms with E-state index in [9.17, 15) is 29.4 Å². The Labute approximate surface area is 191 Å². The molecule has 180 valence electrons. The van der Waals surface area contributed by atoms with Crippen molar-refractivity contribution in [2.24, 2.45) is 5.92 Å². The molecule has 0 saturated carbocycles. The van der Waals surface area contributed by atoms with Gasteiger partial charge in [-0.1, -0.05) is 32.9 Å². The van der Waals surface area contributed by atoms with Gasteiger partial charge in [0.2, 0.25) is 5.91 Å². The van der Waals surface area contributed by atoms with Crippen LogP contribution in [-0.2, 0) is 30.3 Å². The van der Waals surface area contributed by atoms with Gasteiger partial charge in [-0.15, -0.1) is 0 Å². The number of ether oxygens (including phenoxy) is 2. The minimum atomic E-state index is -1.72. The molecule has 2 aliphatic rings. The normalized spacial score (nSPS) is 23.8. The second-order valence-corrected chi connectivity index (χ2v) is 8.83. The number of rotatable bonds is 8. The van der Waals surface area contributed by atoms with Crippen molar-refractivity contribution >= 4 is 23.8 Å². The molecule has 0 spiro atoms. The molecule has 1 fully saturated rings.